The minimum Gasteiger partial charge on any atom is -0.548 e. The summed E-state index contributed by atoms with van der Waals surface area (Å²) < 4.78 is 0. The van der Waals surface area contributed by atoms with Crippen molar-refractivity contribution in [2.75, 3.05) is 6.54 Å². The number of likely N-dealkylation sites (N-methyl/N-ethyl adjacent to an activating group) is 1. The van der Waals surface area contributed by atoms with Gasteiger partial charge in [-0.25, -0.2) is 0 Å². The third-order valence-electron chi connectivity index (χ3n) is 1.72. The third kappa shape index (κ3) is 4.11. The molecule has 0 fully saturated rings. The van der Waals surface area contributed by atoms with E-state index in [2.05, 4.69) is 5.32 Å². The molecule has 0 heterocycles. The zero-order valence-electron chi connectivity index (χ0n) is 7.73. The average Bonchev–Trinajstić information content (AvgIpc) is 1.88. The van der Waals surface area contributed by atoms with Gasteiger partial charge in [-0.1, -0.05) is 13.8 Å². The van der Waals surface area contributed by atoms with Crippen LogP contribution in [0.15, 0.2) is 0 Å². The third-order valence-corrected chi connectivity index (χ3v) is 1.72. The fraction of sp³-hybridized carbons (Fsp3) is 0.857. The van der Waals surface area contributed by atoms with Crippen LogP contribution in [0.2, 0.25) is 0 Å². The minimum atomic E-state index is -1.03. The Bertz CT molecular complexity index is 130. The Kier molecular flexibility index (Phi) is 7.63. The van der Waals surface area contributed by atoms with Crippen molar-refractivity contribution in [3.63, 3.8) is 0 Å². The first-order valence-electron chi connectivity index (χ1n) is 3.53. The maximum atomic E-state index is 10.5. The Morgan fingerprint density at radius 2 is 2.00 bits per heavy atom. The second kappa shape index (κ2) is 6.00. The van der Waals surface area contributed by atoms with Crippen molar-refractivity contribution in [2.24, 2.45) is 0 Å². The summed E-state index contributed by atoms with van der Waals surface area (Å²) in [6, 6.07) is 0. The molecule has 0 aromatic heterocycles. The molecule has 11 heavy (non-hydrogen) atoms. The molecule has 1 atom stereocenters. The van der Waals surface area contributed by atoms with Crippen molar-refractivity contribution in [3.8, 4) is 0 Å². The van der Waals surface area contributed by atoms with Crippen LogP contribution in [0.5, 0.6) is 0 Å². The fourth-order valence-corrected chi connectivity index (χ4v) is 0.732. The van der Waals surface area contributed by atoms with E-state index in [0.29, 0.717) is 13.0 Å². The second-order valence-electron chi connectivity index (χ2n) is 2.50. The predicted octanol–water partition coefficient (Wildman–Crippen LogP) is -3.48. The SMILES string of the molecule is CCNC(C)(CC)C(=O)[O-].[Na+]. The molecule has 0 spiro atoms. The summed E-state index contributed by atoms with van der Waals surface area (Å²) in [5.41, 5.74) is -0.852. The molecule has 1 N–H and O–H groups in total. The van der Waals surface area contributed by atoms with Gasteiger partial charge >= 0.3 is 29.6 Å². The largest absolute Gasteiger partial charge is 1.00 e. The smallest absolute Gasteiger partial charge is 0.548 e. The van der Waals surface area contributed by atoms with E-state index < -0.39 is 11.5 Å². The van der Waals surface area contributed by atoms with Crippen molar-refractivity contribution in [1.29, 1.82) is 0 Å². The van der Waals surface area contributed by atoms with Gasteiger partial charge in [-0.2, -0.15) is 0 Å². The molecule has 4 heteroatoms. The van der Waals surface area contributed by atoms with Crippen LogP contribution >= 0.6 is 0 Å². The van der Waals surface area contributed by atoms with E-state index in [1.54, 1.807) is 6.92 Å². The average molecular weight is 167 g/mol. The second-order valence-corrected chi connectivity index (χ2v) is 2.50. The van der Waals surface area contributed by atoms with E-state index in [-0.39, 0.29) is 29.6 Å². The summed E-state index contributed by atoms with van der Waals surface area (Å²) in [6.45, 7) is 5.97. The molecule has 0 aliphatic carbocycles. The number of aliphatic carboxylic acids is 1. The van der Waals surface area contributed by atoms with E-state index in [9.17, 15) is 9.90 Å². The molecule has 0 rings (SSSR count). The summed E-state index contributed by atoms with van der Waals surface area (Å²) in [7, 11) is 0. The monoisotopic (exact) mass is 167 g/mol. The fourth-order valence-electron chi connectivity index (χ4n) is 0.732. The Morgan fingerprint density at radius 3 is 2.09 bits per heavy atom. The summed E-state index contributed by atoms with van der Waals surface area (Å²) in [5, 5.41) is 13.3. The quantitative estimate of drug-likeness (QED) is 0.442. The van der Waals surface area contributed by atoms with Crippen molar-refractivity contribution in [2.45, 2.75) is 32.7 Å². The van der Waals surface area contributed by atoms with E-state index in [4.69, 9.17) is 0 Å². The molecule has 0 bridgehead atoms. The van der Waals surface area contributed by atoms with Gasteiger partial charge in [0.15, 0.2) is 0 Å². The first-order valence-corrected chi connectivity index (χ1v) is 3.53. The van der Waals surface area contributed by atoms with Crippen LogP contribution in [-0.2, 0) is 4.79 Å². The molecule has 1 unspecified atom stereocenters. The van der Waals surface area contributed by atoms with Gasteiger partial charge in [0.1, 0.15) is 0 Å². The number of hydrogen-bond donors (Lipinski definition) is 1. The Labute approximate surface area is 89.8 Å². The van der Waals surface area contributed by atoms with E-state index in [1.165, 1.54) is 0 Å². The molecule has 0 amide bonds. The van der Waals surface area contributed by atoms with Gasteiger partial charge in [0, 0.05) is 0 Å². The molecule has 0 saturated carbocycles. The minimum absolute atomic E-state index is 0. The Morgan fingerprint density at radius 1 is 1.55 bits per heavy atom. The maximum Gasteiger partial charge on any atom is 1.00 e. The molecule has 0 aromatic rings. The van der Waals surface area contributed by atoms with Gasteiger partial charge in [-0.3, -0.25) is 0 Å². The molecule has 3 nitrogen and oxygen atoms in total. The van der Waals surface area contributed by atoms with Gasteiger partial charge in [-0.05, 0) is 19.9 Å². The molecular formula is C7H14NNaO2. The summed E-state index contributed by atoms with van der Waals surface area (Å²) in [6.07, 6.45) is 0.545. The normalized spacial score (nSPS) is 14.8. The number of rotatable bonds is 4. The number of hydrogen-bond acceptors (Lipinski definition) is 3. The van der Waals surface area contributed by atoms with Crippen molar-refractivity contribution < 1.29 is 39.5 Å². The number of carboxylic acid groups (broad SMARTS) is 1. The summed E-state index contributed by atoms with van der Waals surface area (Å²) in [5.74, 6) is -1.03. The van der Waals surface area contributed by atoms with Gasteiger partial charge in [-0.15, -0.1) is 0 Å². The van der Waals surface area contributed by atoms with E-state index in [0.717, 1.165) is 0 Å². The van der Waals surface area contributed by atoms with Crippen molar-refractivity contribution in [1.82, 2.24) is 5.32 Å². The Balaban J connectivity index is 0. The number of nitrogens with one attached hydrogen (secondary N) is 1. The molecule has 0 aliphatic heterocycles. The number of carbonyl (C=O) groups is 1. The van der Waals surface area contributed by atoms with Crippen LogP contribution in [0.1, 0.15) is 27.2 Å². The zero-order chi connectivity index (χ0) is 8.20. The van der Waals surface area contributed by atoms with Crippen LogP contribution in [-0.4, -0.2) is 18.1 Å². The van der Waals surface area contributed by atoms with E-state index in [1.807, 2.05) is 13.8 Å². The van der Waals surface area contributed by atoms with Gasteiger partial charge in [0.2, 0.25) is 0 Å². The van der Waals surface area contributed by atoms with Crippen molar-refractivity contribution >= 4 is 5.97 Å². The van der Waals surface area contributed by atoms with Crippen LogP contribution in [0, 0.1) is 0 Å². The Hall–Kier alpha value is 0.430. The molecule has 0 radical (unpaired) electrons. The molecule has 60 valence electrons. The van der Waals surface area contributed by atoms with Gasteiger partial charge in [0.05, 0.1) is 11.5 Å². The molecule has 0 aromatic carbocycles. The summed E-state index contributed by atoms with van der Waals surface area (Å²) in [4.78, 5) is 10.5. The van der Waals surface area contributed by atoms with Crippen LogP contribution in [0.3, 0.4) is 0 Å². The van der Waals surface area contributed by atoms with Crippen LogP contribution in [0.4, 0.5) is 0 Å². The first-order chi connectivity index (χ1) is 4.56. The van der Waals surface area contributed by atoms with Crippen LogP contribution < -0.4 is 40.0 Å². The maximum absolute atomic E-state index is 10.5. The van der Waals surface area contributed by atoms with Gasteiger partial charge < -0.3 is 15.2 Å². The molecule has 0 aliphatic rings. The predicted molar refractivity (Wildman–Crippen MR) is 37.4 cm³/mol. The zero-order valence-corrected chi connectivity index (χ0v) is 9.73. The van der Waals surface area contributed by atoms with Crippen molar-refractivity contribution in [3.05, 3.63) is 0 Å². The molecule has 0 saturated heterocycles. The standard InChI is InChI=1S/C7H15NO2.Na/c1-4-7(3,6(9)10)8-5-2;/h8H,4-5H2,1-3H3,(H,9,10);/q;+1/p-1. The molecular weight excluding hydrogens is 153 g/mol. The first kappa shape index (κ1) is 14.0. The topological polar surface area (TPSA) is 52.2 Å². The number of carboxylic acids is 1. The summed E-state index contributed by atoms with van der Waals surface area (Å²) >= 11 is 0. The van der Waals surface area contributed by atoms with E-state index >= 15 is 0 Å². The van der Waals surface area contributed by atoms with Gasteiger partial charge in [0.25, 0.3) is 0 Å². The van der Waals surface area contributed by atoms with Crippen LogP contribution in [0.25, 0.3) is 0 Å². The number of carbonyl (C=O) groups excluding carboxylic acids is 1.